The van der Waals surface area contributed by atoms with Crippen LogP contribution >= 0.6 is 15.9 Å². The minimum absolute atomic E-state index is 0.0801. The van der Waals surface area contributed by atoms with E-state index in [4.69, 9.17) is 0 Å². The van der Waals surface area contributed by atoms with Gasteiger partial charge in [-0.15, -0.1) is 0 Å². The highest BCUT2D eigenvalue weighted by Crippen LogP contribution is 2.37. The van der Waals surface area contributed by atoms with Crippen LogP contribution in [0.5, 0.6) is 0 Å². The summed E-state index contributed by atoms with van der Waals surface area (Å²) < 4.78 is 14.6. The van der Waals surface area contributed by atoms with Crippen LogP contribution < -0.4 is 10.2 Å². The van der Waals surface area contributed by atoms with Crippen molar-refractivity contribution in [1.29, 1.82) is 0 Å². The van der Waals surface area contributed by atoms with Crippen molar-refractivity contribution in [3.8, 4) is 0 Å². The third kappa shape index (κ3) is 3.51. The summed E-state index contributed by atoms with van der Waals surface area (Å²) in [5.41, 5.74) is 2.26. The van der Waals surface area contributed by atoms with E-state index in [2.05, 4.69) is 26.2 Å². The Hall–Kier alpha value is -2.54. The van der Waals surface area contributed by atoms with Crippen molar-refractivity contribution in [1.82, 2.24) is 0 Å². The molecular formula is C20H17BrFN3O2. The SMILES string of the molecule is O=C(CN1C(=O)[C@@H]2CCCC2=Nc2ccccc21)Nc1ccc(Br)cc1F. The third-order valence-electron chi connectivity index (χ3n) is 4.84. The largest absolute Gasteiger partial charge is 0.322 e. The normalized spacial score (nSPS) is 18.4. The standard InChI is InChI=1S/C20H17BrFN3O2/c21-12-8-9-16(14(22)10-12)24-19(26)11-25-18-7-2-1-5-17(18)23-15-6-3-4-13(15)20(25)27/h1-2,5,7-10,13H,3-4,6,11H2,(H,24,26)/t13-/m1/s1. The molecule has 0 unspecified atom stereocenters. The molecule has 0 radical (unpaired) electrons. The fourth-order valence-corrected chi connectivity index (χ4v) is 3.90. The van der Waals surface area contributed by atoms with Crippen LogP contribution in [0.3, 0.4) is 0 Å². The summed E-state index contributed by atoms with van der Waals surface area (Å²) in [6.07, 6.45) is 2.46. The molecule has 1 heterocycles. The van der Waals surface area contributed by atoms with E-state index in [0.717, 1.165) is 25.0 Å². The molecule has 1 N–H and O–H groups in total. The van der Waals surface area contributed by atoms with Crippen LogP contribution in [0.4, 0.5) is 21.5 Å². The molecular weight excluding hydrogens is 413 g/mol. The van der Waals surface area contributed by atoms with Crippen LogP contribution in [0.25, 0.3) is 0 Å². The van der Waals surface area contributed by atoms with Crippen LogP contribution in [0, 0.1) is 11.7 Å². The first-order chi connectivity index (χ1) is 13.0. The van der Waals surface area contributed by atoms with E-state index < -0.39 is 11.7 Å². The lowest BCUT2D eigenvalue weighted by atomic mass is 10.1. The van der Waals surface area contributed by atoms with Crippen molar-refractivity contribution >= 4 is 50.5 Å². The molecule has 5 nitrogen and oxygen atoms in total. The molecule has 27 heavy (non-hydrogen) atoms. The van der Waals surface area contributed by atoms with Gasteiger partial charge in [0.15, 0.2) is 0 Å². The smallest absolute Gasteiger partial charge is 0.244 e. The van der Waals surface area contributed by atoms with Crippen LogP contribution in [-0.4, -0.2) is 24.1 Å². The lowest BCUT2D eigenvalue weighted by molar-refractivity contribution is -0.123. The van der Waals surface area contributed by atoms with Gasteiger partial charge in [0.1, 0.15) is 12.4 Å². The number of benzene rings is 2. The number of hydrogen-bond acceptors (Lipinski definition) is 3. The maximum absolute atomic E-state index is 14.0. The number of anilines is 2. The molecule has 1 saturated carbocycles. The van der Waals surface area contributed by atoms with Gasteiger partial charge in [-0.05, 0) is 49.6 Å². The van der Waals surface area contributed by atoms with E-state index in [1.54, 1.807) is 12.1 Å². The van der Waals surface area contributed by atoms with E-state index in [9.17, 15) is 14.0 Å². The Bertz CT molecular complexity index is 960. The fourth-order valence-electron chi connectivity index (χ4n) is 3.56. The number of halogens is 2. The van der Waals surface area contributed by atoms with Crippen molar-refractivity contribution in [2.24, 2.45) is 10.9 Å². The van der Waals surface area contributed by atoms with Gasteiger partial charge in [0.05, 0.1) is 23.0 Å². The monoisotopic (exact) mass is 429 g/mol. The molecule has 1 atom stereocenters. The molecule has 2 aromatic carbocycles. The minimum atomic E-state index is -0.540. The van der Waals surface area contributed by atoms with Crippen molar-refractivity contribution < 1.29 is 14.0 Å². The molecule has 7 heteroatoms. The summed E-state index contributed by atoms with van der Waals surface area (Å²) in [7, 11) is 0. The summed E-state index contributed by atoms with van der Waals surface area (Å²) in [5, 5.41) is 2.55. The Labute approximate surface area is 164 Å². The molecule has 1 fully saturated rings. The molecule has 0 spiro atoms. The summed E-state index contributed by atoms with van der Waals surface area (Å²) in [6.45, 7) is -0.190. The number of para-hydroxylation sites is 2. The summed E-state index contributed by atoms with van der Waals surface area (Å²) in [4.78, 5) is 31.8. The number of carbonyl (C=O) groups is 2. The molecule has 1 aliphatic carbocycles. The molecule has 0 bridgehead atoms. The second-order valence-corrected chi connectivity index (χ2v) is 7.55. The Morgan fingerprint density at radius 3 is 2.93 bits per heavy atom. The van der Waals surface area contributed by atoms with E-state index in [1.807, 2.05) is 18.2 Å². The number of carbonyl (C=O) groups excluding carboxylic acids is 2. The quantitative estimate of drug-likeness (QED) is 0.783. The maximum Gasteiger partial charge on any atom is 0.244 e. The fraction of sp³-hybridized carbons (Fsp3) is 0.250. The molecule has 0 aromatic heterocycles. The highest BCUT2D eigenvalue weighted by molar-refractivity contribution is 9.10. The highest BCUT2D eigenvalue weighted by atomic mass is 79.9. The molecule has 1 aliphatic heterocycles. The van der Waals surface area contributed by atoms with Gasteiger partial charge in [0.25, 0.3) is 0 Å². The second-order valence-electron chi connectivity index (χ2n) is 6.63. The van der Waals surface area contributed by atoms with Crippen LogP contribution in [0.1, 0.15) is 19.3 Å². The Kier molecular flexibility index (Phi) is 4.78. The topological polar surface area (TPSA) is 61.8 Å². The average Bonchev–Trinajstić information content (AvgIpc) is 3.06. The minimum Gasteiger partial charge on any atom is -0.322 e. The maximum atomic E-state index is 14.0. The second kappa shape index (κ2) is 7.23. The number of nitrogens with zero attached hydrogens (tertiary/aromatic N) is 2. The van der Waals surface area contributed by atoms with Gasteiger partial charge in [-0.25, -0.2) is 4.39 Å². The lowest BCUT2D eigenvalue weighted by Gasteiger charge is -2.24. The predicted molar refractivity (Wildman–Crippen MR) is 106 cm³/mol. The number of rotatable bonds is 3. The molecule has 2 amide bonds. The zero-order chi connectivity index (χ0) is 19.0. The van der Waals surface area contributed by atoms with E-state index in [1.165, 1.54) is 17.0 Å². The molecule has 2 aromatic rings. The van der Waals surface area contributed by atoms with Gasteiger partial charge in [-0.3, -0.25) is 14.6 Å². The first-order valence-electron chi connectivity index (χ1n) is 8.75. The van der Waals surface area contributed by atoms with Crippen LogP contribution in [-0.2, 0) is 9.59 Å². The Morgan fingerprint density at radius 2 is 2.11 bits per heavy atom. The number of hydrogen-bond donors (Lipinski definition) is 1. The zero-order valence-electron chi connectivity index (χ0n) is 14.4. The van der Waals surface area contributed by atoms with Gasteiger partial charge in [-0.1, -0.05) is 28.1 Å². The highest BCUT2D eigenvalue weighted by Gasteiger charge is 2.37. The van der Waals surface area contributed by atoms with E-state index in [-0.39, 0.29) is 24.1 Å². The molecule has 2 aliphatic rings. The number of fused-ring (bicyclic) bond motifs is 2. The van der Waals surface area contributed by atoms with Gasteiger partial charge in [0.2, 0.25) is 11.8 Å². The average molecular weight is 430 g/mol. The number of nitrogens with one attached hydrogen (secondary N) is 1. The van der Waals surface area contributed by atoms with Crippen molar-refractivity contribution in [3.63, 3.8) is 0 Å². The first-order valence-corrected chi connectivity index (χ1v) is 9.55. The number of aliphatic imine (C=N–C) groups is 1. The van der Waals surface area contributed by atoms with Gasteiger partial charge < -0.3 is 10.2 Å². The Morgan fingerprint density at radius 1 is 1.30 bits per heavy atom. The van der Waals surface area contributed by atoms with Crippen LogP contribution in [0.15, 0.2) is 51.9 Å². The van der Waals surface area contributed by atoms with Gasteiger partial charge in [0, 0.05) is 10.2 Å². The van der Waals surface area contributed by atoms with E-state index in [0.29, 0.717) is 15.8 Å². The lowest BCUT2D eigenvalue weighted by Crippen LogP contribution is -2.41. The Balaban J connectivity index is 1.61. The summed E-state index contributed by atoms with van der Waals surface area (Å²) in [5.74, 6) is -1.40. The van der Waals surface area contributed by atoms with Gasteiger partial charge in [-0.2, -0.15) is 0 Å². The molecule has 0 saturated heterocycles. The molecule has 138 valence electrons. The summed E-state index contributed by atoms with van der Waals surface area (Å²) in [6, 6.07) is 11.7. The molecule has 4 rings (SSSR count). The third-order valence-corrected chi connectivity index (χ3v) is 5.33. The van der Waals surface area contributed by atoms with Crippen molar-refractivity contribution in [2.75, 3.05) is 16.8 Å². The van der Waals surface area contributed by atoms with E-state index >= 15 is 0 Å². The van der Waals surface area contributed by atoms with Crippen molar-refractivity contribution in [2.45, 2.75) is 19.3 Å². The summed E-state index contributed by atoms with van der Waals surface area (Å²) >= 11 is 3.18. The predicted octanol–water partition coefficient (Wildman–Crippen LogP) is 4.45. The van der Waals surface area contributed by atoms with Crippen molar-refractivity contribution in [3.05, 3.63) is 52.8 Å². The zero-order valence-corrected chi connectivity index (χ0v) is 16.0. The van der Waals surface area contributed by atoms with Crippen LogP contribution in [0.2, 0.25) is 0 Å². The number of amides is 2. The first kappa shape index (κ1) is 17.9. The van der Waals surface area contributed by atoms with Gasteiger partial charge >= 0.3 is 0 Å².